The fraction of sp³-hybridized carbons (Fsp3) is 0.294. The summed E-state index contributed by atoms with van der Waals surface area (Å²) in [5.74, 6) is 2.96. The molecule has 1 aliphatic rings. The van der Waals surface area contributed by atoms with E-state index in [9.17, 15) is 0 Å². The van der Waals surface area contributed by atoms with Gasteiger partial charge >= 0.3 is 0 Å². The lowest BCUT2D eigenvalue weighted by Gasteiger charge is -2.08. The number of pyridine rings is 1. The molecule has 0 radical (unpaired) electrons. The Labute approximate surface area is 148 Å². The summed E-state index contributed by atoms with van der Waals surface area (Å²) in [5.41, 5.74) is 2.67. The zero-order valence-electron chi connectivity index (χ0n) is 13.5. The number of hydrogen-bond donors (Lipinski definition) is 1. The monoisotopic (exact) mass is 351 g/mol. The molecule has 1 atom stereocenters. The van der Waals surface area contributed by atoms with E-state index in [1.54, 1.807) is 6.20 Å². The molecule has 0 saturated carbocycles. The molecule has 1 N–H and O–H groups in total. The number of fused-ring (bicyclic) bond motifs is 2. The van der Waals surface area contributed by atoms with Gasteiger partial charge in [0.1, 0.15) is 5.65 Å². The van der Waals surface area contributed by atoms with Gasteiger partial charge in [-0.25, -0.2) is 9.97 Å². The van der Waals surface area contributed by atoms with Crippen LogP contribution in [0.2, 0.25) is 0 Å². The predicted octanol–water partition coefficient (Wildman–Crippen LogP) is 2.95. The highest BCUT2D eigenvalue weighted by atomic mass is 32.2. The van der Waals surface area contributed by atoms with E-state index in [4.69, 9.17) is 0 Å². The Bertz CT molecular complexity index is 999. The Morgan fingerprint density at radius 2 is 2.24 bits per heavy atom. The van der Waals surface area contributed by atoms with Crippen molar-refractivity contribution in [3.8, 4) is 0 Å². The highest BCUT2D eigenvalue weighted by Gasteiger charge is 2.23. The first kappa shape index (κ1) is 14.7. The molecule has 25 heavy (non-hydrogen) atoms. The van der Waals surface area contributed by atoms with E-state index in [-0.39, 0.29) is 0 Å². The van der Waals surface area contributed by atoms with Crippen LogP contribution in [-0.4, -0.2) is 34.7 Å². The van der Waals surface area contributed by atoms with Gasteiger partial charge in [0.15, 0.2) is 11.6 Å². The van der Waals surface area contributed by atoms with Crippen molar-refractivity contribution in [3.05, 3.63) is 54.5 Å². The molecule has 126 valence electrons. The number of thioether (sulfide) groups is 1. The molecule has 0 spiro atoms. The Kier molecular flexibility index (Phi) is 3.55. The predicted molar refractivity (Wildman–Crippen MR) is 97.7 cm³/mol. The van der Waals surface area contributed by atoms with Crippen molar-refractivity contribution < 1.29 is 0 Å². The lowest BCUT2D eigenvalue weighted by molar-refractivity contribution is 0.765. The zero-order valence-corrected chi connectivity index (χ0v) is 14.4. The molecule has 0 aliphatic carbocycles. The smallest absolute Gasteiger partial charge is 0.203 e. The van der Waals surface area contributed by atoms with Crippen LogP contribution < -0.4 is 5.32 Å². The van der Waals surface area contributed by atoms with Crippen LogP contribution in [0.1, 0.15) is 29.6 Å². The van der Waals surface area contributed by atoms with Crippen molar-refractivity contribution in [1.29, 1.82) is 0 Å². The third-order valence-electron chi connectivity index (χ3n) is 4.42. The molecule has 8 heteroatoms. The van der Waals surface area contributed by atoms with Crippen LogP contribution in [0.4, 0.5) is 5.82 Å². The molecule has 1 aliphatic heterocycles. The minimum absolute atomic E-state index is 0.434. The molecule has 0 aromatic carbocycles. The normalized spacial score (nSPS) is 17.5. The van der Waals surface area contributed by atoms with Gasteiger partial charge in [-0.2, -0.15) is 11.8 Å². The molecule has 0 bridgehead atoms. The molecule has 5 heterocycles. The second kappa shape index (κ2) is 6.03. The van der Waals surface area contributed by atoms with Gasteiger partial charge in [0, 0.05) is 24.8 Å². The number of imidazole rings is 1. The van der Waals surface area contributed by atoms with Gasteiger partial charge in [-0.1, -0.05) is 6.07 Å². The Morgan fingerprint density at radius 3 is 3.12 bits per heavy atom. The van der Waals surface area contributed by atoms with Gasteiger partial charge in [-0.15, -0.1) is 10.2 Å². The molecule has 5 rings (SSSR count). The lowest BCUT2D eigenvalue weighted by atomic mass is 10.2. The van der Waals surface area contributed by atoms with Gasteiger partial charge in [-0.05, 0) is 30.7 Å². The Balaban J connectivity index is 1.42. The summed E-state index contributed by atoms with van der Waals surface area (Å²) in [7, 11) is 0. The van der Waals surface area contributed by atoms with Crippen LogP contribution in [0.3, 0.4) is 0 Å². The molecule has 0 unspecified atom stereocenters. The second-order valence-corrected chi connectivity index (χ2v) is 7.39. The Morgan fingerprint density at radius 1 is 1.24 bits per heavy atom. The van der Waals surface area contributed by atoms with Crippen molar-refractivity contribution in [2.75, 3.05) is 11.1 Å². The van der Waals surface area contributed by atoms with E-state index in [1.165, 1.54) is 12.2 Å². The van der Waals surface area contributed by atoms with Crippen LogP contribution in [0.25, 0.3) is 11.3 Å². The summed E-state index contributed by atoms with van der Waals surface area (Å²) in [5, 5.41) is 12.6. The maximum Gasteiger partial charge on any atom is 0.203 e. The highest BCUT2D eigenvalue weighted by Crippen LogP contribution is 2.39. The third-order valence-corrected chi connectivity index (χ3v) is 5.80. The number of anilines is 1. The molecule has 4 aromatic heterocycles. The minimum atomic E-state index is 0.434. The SMILES string of the molecule is c1ccn2cc(CNc3nccn4c([C@@H]5CCCS5)nnc34)nc2c1. The van der Waals surface area contributed by atoms with Crippen molar-refractivity contribution in [2.45, 2.75) is 24.6 Å². The first-order chi connectivity index (χ1) is 12.4. The summed E-state index contributed by atoms with van der Waals surface area (Å²) in [4.78, 5) is 9.04. The summed E-state index contributed by atoms with van der Waals surface area (Å²) < 4.78 is 4.07. The van der Waals surface area contributed by atoms with Crippen molar-refractivity contribution in [1.82, 2.24) is 29.0 Å². The number of nitrogens with one attached hydrogen (secondary N) is 1. The third kappa shape index (κ3) is 2.62. The number of hydrogen-bond acceptors (Lipinski definition) is 6. The zero-order chi connectivity index (χ0) is 16.6. The second-order valence-electron chi connectivity index (χ2n) is 6.08. The first-order valence-electron chi connectivity index (χ1n) is 8.36. The van der Waals surface area contributed by atoms with Crippen LogP contribution >= 0.6 is 11.8 Å². The van der Waals surface area contributed by atoms with Crippen LogP contribution in [0.15, 0.2) is 43.0 Å². The van der Waals surface area contributed by atoms with Gasteiger partial charge in [0.25, 0.3) is 0 Å². The largest absolute Gasteiger partial charge is 0.361 e. The summed E-state index contributed by atoms with van der Waals surface area (Å²) in [6.07, 6.45) is 10.2. The average molecular weight is 351 g/mol. The van der Waals surface area contributed by atoms with E-state index in [2.05, 4.69) is 29.9 Å². The minimum Gasteiger partial charge on any atom is -0.361 e. The number of nitrogens with zero attached hydrogens (tertiary/aromatic N) is 6. The fourth-order valence-electron chi connectivity index (χ4n) is 3.22. The molecule has 4 aromatic rings. The van der Waals surface area contributed by atoms with E-state index >= 15 is 0 Å². The molecular formula is C17H17N7S. The van der Waals surface area contributed by atoms with E-state index in [0.717, 1.165) is 35.1 Å². The molecular weight excluding hydrogens is 334 g/mol. The van der Waals surface area contributed by atoms with E-state index in [1.807, 2.05) is 53.0 Å². The maximum atomic E-state index is 4.60. The molecule has 7 nitrogen and oxygen atoms in total. The standard InChI is InChI=1S/C17H17N7S/c1-2-7-23-11-12(20-14(23)5-1)10-19-15-17-22-21-16(13-4-3-9-25-13)24(17)8-6-18-15/h1-2,5-8,11,13H,3-4,9-10H2,(H,18,19)/t13-/m0/s1. The number of rotatable bonds is 4. The van der Waals surface area contributed by atoms with Crippen molar-refractivity contribution >= 4 is 28.9 Å². The number of aromatic nitrogens is 6. The molecule has 0 amide bonds. The summed E-state index contributed by atoms with van der Waals surface area (Å²) >= 11 is 1.96. The van der Waals surface area contributed by atoms with Crippen LogP contribution in [0.5, 0.6) is 0 Å². The summed E-state index contributed by atoms with van der Waals surface area (Å²) in [6, 6.07) is 5.97. The van der Waals surface area contributed by atoms with Gasteiger partial charge < -0.3 is 9.72 Å². The van der Waals surface area contributed by atoms with Gasteiger partial charge in [-0.3, -0.25) is 4.40 Å². The Hall–Kier alpha value is -2.61. The highest BCUT2D eigenvalue weighted by molar-refractivity contribution is 7.99. The van der Waals surface area contributed by atoms with E-state index < -0.39 is 0 Å². The fourth-order valence-corrected chi connectivity index (χ4v) is 4.48. The average Bonchev–Trinajstić information content (AvgIpc) is 3.37. The lowest BCUT2D eigenvalue weighted by Crippen LogP contribution is -2.05. The van der Waals surface area contributed by atoms with Crippen molar-refractivity contribution in [3.63, 3.8) is 0 Å². The van der Waals surface area contributed by atoms with Gasteiger partial charge in [0.2, 0.25) is 5.65 Å². The van der Waals surface area contributed by atoms with Gasteiger partial charge in [0.05, 0.1) is 17.5 Å². The van der Waals surface area contributed by atoms with E-state index in [0.29, 0.717) is 11.8 Å². The molecule has 1 saturated heterocycles. The topological polar surface area (TPSA) is 72.4 Å². The first-order valence-corrected chi connectivity index (χ1v) is 9.41. The maximum absolute atomic E-state index is 4.60. The quantitative estimate of drug-likeness (QED) is 0.609. The molecule has 1 fully saturated rings. The van der Waals surface area contributed by atoms with Crippen molar-refractivity contribution in [2.24, 2.45) is 0 Å². The summed E-state index contributed by atoms with van der Waals surface area (Å²) in [6.45, 7) is 0.592. The van der Waals surface area contributed by atoms with Crippen LogP contribution in [-0.2, 0) is 6.54 Å². The van der Waals surface area contributed by atoms with Crippen LogP contribution in [0, 0.1) is 0 Å².